The quantitative estimate of drug-likeness (QED) is 0.795. The summed E-state index contributed by atoms with van der Waals surface area (Å²) in [4.78, 5) is 16.9. The van der Waals surface area contributed by atoms with Gasteiger partial charge in [0.05, 0.1) is 6.54 Å². The van der Waals surface area contributed by atoms with Gasteiger partial charge in [-0.2, -0.15) is 0 Å². The van der Waals surface area contributed by atoms with E-state index in [9.17, 15) is 4.79 Å². The molecule has 0 N–H and O–H groups in total. The molecule has 1 aromatic carbocycles. The highest BCUT2D eigenvalue weighted by molar-refractivity contribution is 9.10. The fourth-order valence-electron chi connectivity index (χ4n) is 2.55. The highest BCUT2D eigenvalue weighted by atomic mass is 79.9. The predicted molar refractivity (Wildman–Crippen MR) is 81.6 cm³/mol. The van der Waals surface area contributed by atoms with E-state index in [0.717, 1.165) is 36.1 Å². The van der Waals surface area contributed by atoms with Crippen LogP contribution < -0.4 is 0 Å². The maximum atomic E-state index is 12.3. The standard InChI is InChI=1S/C15H21BrN2O/c1-3-14-10-18(8-7-17(14)2)11-15(19)12-5-4-6-13(16)9-12/h4-6,9,14H,3,7-8,10-11H2,1-2H3. The van der Waals surface area contributed by atoms with Gasteiger partial charge in [-0.3, -0.25) is 9.69 Å². The van der Waals surface area contributed by atoms with Crippen LogP contribution in [0.1, 0.15) is 23.7 Å². The Hall–Kier alpha value is -0.710. The Morgan fingerprint density at radius 2 is 2.21 bits per heavy atom. The van der Waals surface area contributed by atoms with Gasteiger partial charge >= 0.3 is 0 Å². The van der Waals surface area contributed by atoms with Crippen LogP contribution in [-0.4, -0.2) is 54.9 Å². The van der Waals surface area contributed by atoms with Crippen molar-refractivity contribution in [1.29, 1.82) is 0 Å². The molecule has 1 fully saturated rings. The van der Waals surface area contributed by atoms with Gasteiger partial charge in [0.15, 0.2) is 5.78 Å². The molecule has 3 nitrogen and oxygen atoms in total. The molecular formula is C15H21BrN2O. The lowest BCUT2D eigenvalue weighted by atomic mass is 10.1. The largest absolute Gasteiger partial charge is 0.301 e. The fraction of sp³-hybridized carbons (Fsp3) is 0.533. The molecule has 0 aromatic heterocycles. The molecule has 1 aromatic rings. The van der Waals surface area contributed by atoms with Gasteiger partial charge in [-0.1, -0.05) is 35.0 Å². The number of benzene rings is 1. The summed E-state index contributed by atoms with van der Waals surface area (Å²) >= 11 is 3.41. The monoisotopic (exact) mass is 324 g/mol. The number of Topliss-reactive ketones (excluding diaryl/α,β-unsaturated/α-hetero) is 1. The molecule has 1 unspecified atom stereocenters. The van der Waals surface area contributed by atoms with Gasteiger partial charge in [-0.25, -0.2) is 0 Å². The van der Waals surface area contributed by atoms with E-state index in [1.54, 1.807) is 0 Å². The Balaban J connectivity index is 1.96. The zero-order valence-corrected chi connectivity index (χ0v) is 13.2. The van der Waals surface area contributed by atoms with Gasteiger partial charge in [-0.15, -0.1) is 0 Å². The summed E-state index contributed by atoms with van der Waals surface area (Å²) in [6, 6.07) is 8.22. The van der Waals surface area contributed by atoms with Gasteiger partial charge in [0.1, 0.15) is 0 Å². The number of hydrogen-bond donors (Lipinski definition) is 0. The molecule has 4 heteroatoms. The molecule has 0 radical (unpaired) electrons. The van der Waals surface area contributed by atoms with Crippen LogP contribution in [0, 0.1) is 0 Å². The highest BCUT2D eigenvalue weighted by Crippen LogP contribution is 2.14. The number of halogens is 1. The van der Waals surface area contributed by atoms with Crippen LogP contribution in [0.2, 0.25) is 0 Å². The van der Waals surface area contributed by atoms with E-state index in [0.29, 0.717) is 12.6 Å². The van der Waals surface area contributed by atoms with Crippen LogP contribution in [-0.2, 0) is 0 Å². The molecule has 2 rings (SSSR count). The number of hydrogen-bond acceptors (Lipinski definition) is 3. The first kappa shape index (κ1) is 14.7. The summed E-state index contributed by atoms with van der Waals surface area (Å²) in [6.07, 6.45) is 1.14. The number of ketones is 1. The Labute approximate surface area is 123 Å². The third-order valence-corrected chi connectivity index (χ3v) is 4.34. The Bertz CT molecular complexity index is 450. The molecule has 104 valence electrons. The molecule has 19 heavy (non-hydrogen) atoms. The minimum absolute atomic E-state index is 0.209. The zero-order valence-electron chi connectivity index (χ0n) is 11.6. The van der Waals surface area contributed by atoms with Crippen LogP contribution >= 0.6 is 15.9 Å². The van der Waals surface area contributed by atoms with E-state index in [1.807, 2.05) is 24.3 Å². The summed E-state index contributed by atoms with van der Waals surface area (Å²) < 4.78 is 0.961. The fourth-order valence-corrected chi connectivity index (χ4v) is 2.95. The second-order valence-corrected chi connectivity index (χ2v) is 6.13. The first-order valence-corrected chi connectivity index (χ1v) is 7.60. The van der Waals surface area contributed by atoms with Gasteiger partial charge in [0, 0.05) is 35.7 Å². The molecule has 0 spiro atoms. The molecule has 1 heterocycles. The topological polar surface area (TPSA) is 23.6 Å². The van der Waals surface area contributed by atoms with Gasteiger partial charge < -0.3 is 4.90 Å². The van der Waals surface area contributed by atoms with Crippen molar-refractivity contribution in [3.63, 3.8) is 0 Å². The lowest BCUT2D eigenvalue weighted by Gasteiger charge is -2.38. The summed E-state index contributed by atoms with van der Waals surface area (Å²) in [7, 11) is 2.17. The van der Waals surface area contributed by atoms with Gasteiger partial charge in [0.25, 0.3) is 0 Å². The van der Waals surface area contributed by atoms with E-state index < -0.39 is 0 Å². The SMILES string of the molecule is CCC1CN(CC(=O)c2cccc(Br)c2)CCN1C. The van der Waals surface area contributed by atoms with Crippen molar-refractivity contribution in [2.24, 2.45) is 0 Å². The molecule has 1 aliphatic heterocycles. The van der Waals surface area contributed by atoms with E-state index in [4.69, 9.17) is 0 Å². The van der Waals surface area contributed by atoms with E-state index in [-0.39, 0.29) is 5.78 Å². The summed E-state index contributed by atoms with van der Waals surface area (Å²) in [5, 5.41) is 0. The summed E-state index contributed by atoms with van der Waals surface area (Å²) in [5.41, 5.74) is 0.793. The van der Waals surface area contributed by atoms with Gasteiger partial charge in [0.2, 0.25) is 0 Å². The predicted octanol–water partition coefficient (Wildman–Crippen LogP) is 2.66. The third kappa shape index (κ3) is 3.88. The van der Waals surface area contributed by atoms with Crippen molar-refractivity contribution in [3.05, 3.63) is 34.3 Å². The third-order valence-electron chi connectivity index (χ3n) is 3.85. The molecule has 1 aliphatic rings. The molecule has 1 atom stereocenters. The smallest absolute Gasteiger partial charge is 0.176 e. The number of carbonyl (C=O) groups is 1. The second-order valence-electron chi connectivity index (χ2n) is 5.21. The number of likely N-dealkylation sites (N-methyl/N-ethyl adjacent to an activating group) is 1. The lowest BCUT2D eigenvalue weighted by molar-refractivity contribution is 0.0743. The lowest BCUT2D eigenvalue weighted by Crippen LogP contribution is -2.52. The second kappa shape index (κ2) is 6.64. The van der Waals surface area contributed by atoms with Crippen molar-refractivity contribution in [2.45, 2.75) is 19.4 Å². The number of carbonyl (C=O) groups excluding carboxylic acids is 1. The first-order valence-electron chi connectivity index (χ1n) is 6.81. The van der Waals surface area contributed by atoms with Crippen LogP contribution in [0.4, 0.5) is 0 Å². The van der Waals surface area contributed by atoms with Crippen molar-refractivity contribution < 1.29 is 4.79 Å². The number of rotatable bonds is 4. The van der Waals surface area contributed by atoms with Crippen LogP contribution in [0.25, 0.3) is 0 Å². The summed E-state index contributed by atoms with van der Waals surface area (Å²) in [6.45, 7) is 5.76. The van der Waals surface area contributed by atoms with Crippen molar-refractivity contribution >= 4 is 21.7 Å². The van der Waals surface area contributed by atoms with Crippen LogP contribution in [0.5, 0.6) is 0 Å². The first-order chi connectivity index (χ1) is 9.10. The molecule has 1 saturated heterocycles. The highest BCUT2D eigenvalue weighted by Gasteiger charge is 2.24. The Morgan fingerprint density at radius 3 is 2.89 bits per heavy atom. The molecule has 0 aliphatic carbocycles. The van der Waals surface area contributed by atoms with E-state index >= 15 is 0 Å². The molecular weight excluding hydrogens is 304 g/mol. The van der Waals surface area contributed by atoms with Crippen molar-refractivity contribution in [2.75, 3.05) is 33.2 Å². The van der Waals surface area contributed by atoms with Crippen LogP contribution in [0.15, 0.2) is 28.7 Å². The average molecular weight is 325 g/mol. The van der Waals surface area contributed by atoms with E-state index in [1.165, 1.54) is 0 Å². The van der Waals surface area contributed by atoms with E-state index in [2.05, 4.69) is 39.7 Å². The average Bonchev–Trinajstić information content (AvgIpc) is 2.41. The van der Waals surface area contributed by atoms with Crippen molar-refractivity contribution in [3.8, 4) is 0 Å². The zero-order chi connectivity index (χ0) is 13.8. The molecule has 0 bridgehead atoms. The number of piperazine rings is 1. The summed E-state index contributed by atoms with van der Waals surface area (Å²) in [5.74, 6) is 0.209. The Morgan fingerprint density at radius 1 is 1.42 bits per heavy atom. The Kier molecular flexibility index (Phi) is 5.13. The minimum Gasteiger partial charge on any atom is -0.301 e. The minimum atomic E-state index is 0.209. The van der Waals surface area contributed by atoms with Crippen LogP contribution in [0.3, 0.4) is 0 Å². The maximum Gasteiger partial charge on any atom is 0.176 e. The number of nitrogens with zero attached hydrogens (tertiary/aromatic N) is 2. The van der Waals surface area contributed by atoms with Gasteiger partial charge in [-0.05, 0) is 25.6 Å². The van der Waals surface area contributed by atoms with Crippen molar-refractivity contribution in [1.82, 2.24) is 9.80 Å². The maximum absolute atomic E-state index is 12.3. The molecule has 0 saturated carbocycles. The normalized spacial score (nSPS) is 21.5. The molecule has 0 amide bonds.